The van der Waals surface area contributed by atoms with Gasteiger partial charge in [0.2, 0.25) is 18.6 Å². The van der Waals surface area contributed by atoms with Gasteiger partial charge in [0.05, 0.1) is 0 Å². The van der Waals surface area contributed by atoms with E-state index in [4.69, 9.17) is 9.47 Å². The average Bonchev–Trinajstić information content (AvgIpc) is 2.73. The fourth-order valence-corrected chi connectivity index (χ4v) is 1.70. The maximum atomic E-state index is 11.1. The minimum Gasteiger partial charge on any atom is -0.454 e. The van der Waals surface area contributed by atoms with Crippen LogP contribution in [0.15, 0.2) is 18.2 Å². The maximum Gasteiger partial charge on any atom is 0.231 e. The van der Waals surface area contributed by atoms with Gasteiger partial charge in [-0.15, -0.1) is 0 Å². The highest BCUT2D eigenvalue weighted by Gasteiger charge is 2.19. The molecule has 2 N–H and O–H groups in total. The van der Waals surface area contributed by atoms with Gasteiger partial charge in [-0.3, -0.25) is 9.59 Å². The Morgan fingerprint density at radius 1 is 1.11 bits per heavy atom. The molecule has 0 fully saturated rings. The van der Waals surface area contributed by atoms with Gasteiger partial charge in [-0.25, -0.2) is 0 Å². The van der Waals surface area contributed by atoms with E-state index in [-0.39, 0.29) is 18.6 Å². The third kappa shape index (κ3) is 2.71. The van der Waals surface area contributed by atoms with Crippen molar-refractivity contribution in [1.29, 1.82) is 0 Å². The Morgan fingerprint density at radius 2 is 1.72 bits per heavy atom. The summed E-state index contributed by atoms with van der Waals surface area (Å²) in [4.78, 5) is 22.2. The van der Waals surface area contributed by atoms with E-state index in [1.807, 2.05) is 0 Å². The van der Waals surface area contributed by atoms with E-state index in [2.05, 4.69) is 10.6 Å². The van der Waals surface area contributed by atoms with Crippen LogP contribution in [0, 0.1) is 0 Å². The van der Waals surface area contributed by atoms with Crippen LogP contribution in [0.3, 0.4) is 0 Å². The molecule has 0 aromatic heterocycles. The lowest BCUT2D eigenvalue weighted by atomic mass is 10.1. The molecule has 1 heterocycles. The summed E-state index contributed by atoms with van der Waals surface area (Å²) in [6.07, 6.45) is -0.575. The molecule has 0 saturated carbocycles. The Hall–Kier alpha value is -2.24. The van der Waals surface area contributed by atoms with E-state index in [0.29, 0.717) is 11.5 Å². The molecule has 96 valence electrons. The van der Waals surface area contributed by atoms with Crippen LogP contribution in [0.25, 0.3) is 0 Å². The number of hydrogen-bond acceptors (Lipinski definition) is 4. The van der Waals surface area contributed by atoms with Gasteiger partial charge in [0.1, 0.15) is 6.17 Å². The Morgan fingerprint density at radius 3 is 2.33 bits per heavy atom. The molecule has 18 heavy (non-hydrogen) atoms. The van der Waals surface area contributed by atoms with Crippen molar-refractivity contribution in [3.8, 4) is 11.5 Å². The van der Waals surface area contributed by atoms with Crippen LogP contribution in [0.4, 0.5) is 0 Å². The first-order valence-corrected chi connectivity index (χ1v) is 5.50. The van der Waals surface area contributed by atoms with Gasteiger partial charge in [-0.1, -0.05) is 6.07 Å². The van der Waals surface area contributed by atoms with E-state index < -0.39 is 6.17 Å². The monoisotopic (exact) mass is 250 g/mol. The number of hydrogen-bond donors (Lipinski definition) is 2. The van der Waals surface area contributed by atoms with Crippen LogP contribution in [0.5, 0.6) is 11.5 Å². The highest BCUT2D eigenvalue weighted by Crippen LogP contribution is 2.33. The number of amides is 2. The molecular weight excluding hydrogens is 236 g/mol. The molecule has 1 aromatic carbocycles. The van der Waals surface area contributed by atoms with Crippen LogP contribution in [-0.4, -0.2) is 18.6 Å². The molecule has 0 spiro atoms. The minimum absolute atomic E-state index is 0.184. The number of benzene rings is 1. The molecule has 0 atom stereocenters. The lowest BCUT2D eigenvalue weighted by Gasteiger charge is -2.19. The second kappa shape index (κ2) is 4.95. The van der Waals surface area contributed by atoms with Gasteiger partial charge in [0.15, 0.2) is 11.5 Å². The summed E-state index contributed by atoms with van der Waals surface area (Å²) in [6.45, 7) is 2.97. The lowest BCUT2D eigenvalue weighted by Crippen LogP contribution is -2.39. The third-order valence-corrected chi connectivity index (χ3v) is 2.43. The van der Waals surface area contributed by atoms with Crippen molar-refractivity contribution < 1.29 is 19.1 Å². The lowest BCUT2D eigenvalue weighted by molar-refractivity contribution is -0.122. The van der Waals surface area contributed by atoms with Gasteiger partial charge >= 0.3 is 0 Å². The Balaban J connectivity index is 2.24. The van der Waals surface area contributed by atoms with Crippen molar-refractivity contribution in [3.05, 3.63) is 23.8 Å². The molecule has 0 bridgehead atoms. The first kappa shape index (κ1) is 12.2. The number of carbonyl (C=O) groups excluding carboxylic acids is 2. The second-order valence-electron chi connectivity index (χ2n) is 3.95. The van der Waals surface area contributed by atoms with E-state index in [0.717, 1.165) is 5.56 Å². The molecular formula is C12H14N2O4. The van der Waals surface area contributed by atoms with E-state index in [1.54, 1.807) is 18.2 Å². The highest BCUT2D eigenvalue weighted by molar-refractivity contribution is 5.76. The largest absolute Gasteiger partial charge is 0.454 e. The fourth-order valence-electron chi connectivity index (χ4n) is 1.70. The van der Waals surface area contributed by atoms with Gasteiger partial charge in [-0.05, 0) is 17.7 Å². The quantitative estimate of drug-likeness (QED) is 0.774. The number of rotatable bonds is 3. The molecule has 6 nitrogen and oxygen atoms in total. The number of nitrogens with one attached hydrogen (secondary N) is 2. The van der Waals surface area contributed by atoms with Crippen LogP contribution in [-0.2, 0) is 9.59 Å². The summed E-state index contributed by atoms with van der Waals surface area (Å²) < 4.78 is 10.5. The zero-order valence-corrected chi connectivity index (χ0v) is 10.1. The van der Waals surface area contributed by atoms with Gasteiger partial charge in [0, 0.05) is 13.8 Å². The van der Waals surface area contributed by atoms with Crippen LogP contribution < -0.4 is 20.1 Å². The third-order valence-electron chi connectivity index (χ3n) is 2.43. The number of ether oxygens (including phenoxy) is 2. The zero-order valence-electron chi connectivity index (χ0n) is 10.1. The number of fused-ring (bicyclic) bond motifs is 1. The smallest absolute Gasteiger partial charge is 0.231 e. The van der Waals surface area contributed by atoms with E-state index in [1.165, 1.54) is 13.8 Å². The first-order valence-electron chi connectivity index (χ1n) is 5.50. The van der Waals surface area contributed by atoms with Gasteiger partial charge in [-0.2, -0.15) is 0 Å². The van der Waals surface area contributed by atoms with E-state index >= 15 is 0 Å². The van der Waals surface area contributed by atoms with Crippen molar-refractivity contribution in [2.24, 2.45) is 0 Å². The van der Waals surface area contributed by atoms with Crippen molar-refractivity contribution in [2.75, 3.05) is 6.79 Å². The Labute approximate surface area is 104 Å². The average molecular weight is 250 g/mol. The number of carbonyl (C=O) groups is 2. The molecule has 1 aliphatic rings. The molecule has 2 rings (SSSR count). The van der Waals surface area contributed by atoms with Crippen molar-refractivity contribution >= 4 is 11.8 Å². The summed E-state index contributed by atoms with van der Waals surface area (Å²) in [5.74, 6) is 0.800. The molecule has 1 aliphatic heterocycles. The summed E-state index contributed by atoms with van der Waals surface area (Å²) in [6, 6.07) is 5.25. The summed E-state index contributed by atoms with van der Waals surface area (Å²) in [5, 5.41) is 5.30. The SMILES string of the molecule is CC(=O)NC(NC(C)=O)c1ccc2c(c1)OCO2. The molecule has 0 aliphatic carbocycles. The second-order valence-corrected chi connectivity index (χ2v) is 3.95. The molecule has 0 saturated heterocycles. The topological polar surface area (TPSA) is 76.7 Å². The first-order chi connectivity index (χ1) is 8.56. The van der Waals surface area contributed by atoms with Crippen LogP contribution in [0.2, 0.25) is 0 Å². The van der Waals surface area contributed by atoms with Gasteiger partial charge < -0.3 is 20.1 Å². The Bertz CT molecular complexity index is 471. The normalized spacial score (nSPS) is 12.4. The summed E-state index contributed by atoms with van der Waals surface area (Å²) in [7, 11) is 0. The van der Waals surface area contributed by atoms with Crippen LogP contribution >= 0.6 is 0 Å². The zero-order chi connectivity index (χ0) is 13.1. The summed E-state index contributed by atoms with van der Waals surface area (Å²) >= 11 is 0. The highest BCUT2D eigenvalue weighted by atomic mass is 16.7. The molecule has 2 amide bonds. The summed E-state index contributed by atoms with van der Waals surface area (Å²) in [5.41, 5.74) is 0.727. The predicted octanol–water partition coefficient (Wildman–Crippen LogP) is 0.686. The fraction of sp³-hybridized carbons (Fsp3) is 0.333. The molecule has 0 radical (unpaired) electrons. The van der Waals surface area contributed by atoms with Crippen LogP contribution in [0.1, 0.15) is 25.6 Å². The molecule has 0 unspecified atom stereocenters. The van der Waals surface area contributed by atoms with Crippen molar-refractivity contribution in [2.45, 2.75) is 20.0 Å². The van der Waals surface area contributed by atoms with Crippen molar-refractivity contribution in [3.63, 3.8) is 0 Å². The van der Waals surface area contributed by atoms with E-state index in [9.17, 15) is 9.59 Å². The predicted molar refractivity (Wildman–Crippen MR) is 62.9 cm³/mol. The van der Waals surface area contributed by atoms with Crippen molar-refractivity contribution in [1.82, 2.24) is 10.6 Å². The maximum absolute atomic E-state index is 11.1. The minimum atomic E-state index is -0.575. The standard InChI is InChI=1S/C12H14N2O4/c1-7(15)13-12(14-8(2)16)9-3-4-10-11(5-9)18-6-17-10/h3-5,12H,6H2,1-2H3,(H,13,15)(H,14,16). The molecule has 6 heteroatoms. The molecule has 1 aromatic rings. The van der Waals surface area contributed by atoms with Gasteiger partial charge in [0.25, 0.3) is 0 Å². The Kier molecular flexibility index (Phi) is 3.36.